The molecule has 24 heavy (non-hydrogen) atoms. The number of carbonyl (C=O) groups is 1. The van der Waals surface area contributed by atoms with Gasteiger partial charge in [0, 0.05) is 23.9 Å². The maximum absolute atomic E-state index is 12.8. The normalized spacial score (nSPS) is 17.3. The van der Waals surface area contributed by atoms with Crippen molar-refractivity contribution in [2.45, 2.75) is 25.4 Å². The van der Waals surface area contributed by atoms with Gasteiger partial charge in [0.2, 0.25) is 0 Å². The fourth-order valence-corrected chi connectivity index (χ4v) is 3.14. The van der Waals surface area contributed by atoms with Gasteiger partial charge in [0.25, 0.3) is 5.91 Å². The molecular weight excluding hydrogens is 306 g/mol. The van der Waals surface area contributed by atoms with Crippen LogP contribution in [-0.2, 0) is 6.54 Å². The second-order valence-electron chi connectivity index (χ2n) is 5.86. The summed E-state index contributed by atoms with van der Waals surface area (Å²) >= 11 is 0. The summed E-state index contributed by atoms with van der Waals surface area (Å²) in [5, 5.41) is 7.82. The number of hydrogen-bond donors (Lipinski definition) is 0. The van der Waals surface area contributed by atoms with Crippen LogP contribution in [0.1, 0.15) is 23.2 Å². The summed E-state index contributed by atoms with van der Waals surface area (Å²) in [6, 6.07) is 7.61. The number of oxazole rings is 1. The third-order valence-corrected chi connectivity index (χ3v) is 4.36. The first-order valence-electron chi connectivity index (χ1n) is 7.95. The number of rotatable bonds is 4. The van der Waals surface area contributed by atoms with Crippen molar-refractivity contribution >= 4 is 5.91 Å². The summed E-state index contributed by atoms with van der Waals surface area (Å²) in [4.78, 5) is 18.7. The third kappa shape index (κ3) is 2.80. The Morgan fingerprint density at radius 2 is 2.17 bits per heavy atom. The highest BCUT2D eigenvalue weighted by Crippen LogP contribution is 2.23. The monoisotopic (exact) mass is 323 g/mol. The van der Waals surface area contributed by atoms with Crippen LogP contribution in [0.4, 0.5) is 0 Å². The van der Waals surface area contributed by atoms with E-state index in [0.717, 1.165) is 24.9 Å². The van der Waals surface area contributed by atoms with Gasteiger partial charge in [-0.05, 0) is 25.0 Å². The largest absolute Gasteiger partial charge is 0.444 e. The van der Waals surface area contributed by atoms with Crippen LogP contribution < -0.4 is 0 Å². The Labute approximate surface area is 138 Å². The number of nitrogens with zero attached hydrogens (tertiary/aromatic N) is 5. The standard InChI is InChI=1S/C17H17N5O2/c23-17(14-5-3-13(4-6-14)16-10-18-12-24-16)22-8-1-2-15(22)11-21-9-7-19-20-21/h3-7,9-10,12,15H,1-2,8,11H2/t15-/m0/s1. The number of benzene rings is 1. The van der Waals surface area contributed by atoms with E-state index in [0.29, 0.717) is 17.9 Å². The topological polar surface area (TPSA) is 77.0 Å². The molecule has 122 valence electrons. The quantitative estimate of drug-likeness (QED) is 0.736. The van der Waals surface area contributed by atoms with Crippen molar-refractivity contribution in [2.24, 2.45) is 0 Å². The Morgan fingerprint density at radius 3 is 2.88 bits per heavy atom. The summed E-state index contributed by atoms with van der Waals surface area (Å²) in [5.74, 6) is 0.751. The van der Waals surface area contributed by atoms with Crippen LogP contribution in [0.15, 0.2) is 53.7 Å². The number of aromatic nitrogens is 4. The molecule has 0 N–H and O–H groups in total. The smallest absolute Gasteiger partial charge is 0.254 e. The molecule has 3 heterocycles. The maximum atomic E-state index is 12.8. The number of likely N-dealkylation sites (tertiary alicyclic amines) is 1. The molecule has 1 saturated heterocycles. The number of amides is 1. The molecule has 1 aliphatic rings. The Morgan fingerprint density at radius 1 is 1.29 bits per heavy atom. The molecule has 2 aromatic heterocycles. The number of hydrogen-bond acceptors (Lipinski definition) is 5. The maximum Gasteiger partial charge on any atom is 0.254 e. The molecule has 0 aliphatic carbocycles. The van der Waals surface area contributed by atoms with E-state index in [1.165, 1.54) is 6.39 Å². The molecule has 1 atom stereocenters. The fraction of sp³-hybridized carbons (Fsp3) is 0.294. The second kappa shape index (κ2) is 6.27. The van der Waals surface area contributed by atoms with Gasteiger partial charge in [0.15, 0.2) is 12.2 Å². The lowest BCUT2D eigenvalue weighted by atomic mass is 10.1. The predicted octanol–water partition coefficient (Wildman–Crippen LogP) is 2.24. The van der Waals surface area contributed by atoms with Crippen molar-refractivity contribution in [3.8, 4) is 11.3 Å². The zero-order chi connectivity index (χ0) is 16.4. The molecule has 1 fully saturated rings. The van der Waals surface area contributed by atoms with E-state index in [1.54, 1.807) is 17.1 Å². The van der Waals surface area contributed by atoms with Crippen LogP contribution in [0.5, 0.6) is 0 Å². The molecule has 1 aromatic carbocycles. The highest BCUT2D eigenvalue weighted by atomic mass is 16.3. The first-order chi connectivity index (χ1) is 11.8. The minimum Gasteiger partial charge on any atom is -0.444 e. The van der Waals surface area contributed by atoms with Crippen LogP contribution in [0.25, 0.3) is 11.3 Å². The average molecular weight is 323 g/mol. The minimum absolute atomic E-state index is 0.0572. The van der Waals surface area contributed by atoms with Gasteiger partial charge in [-0.25, -0.2) is 4.98 Å². The van der Waals surface area contributed by atoms with Crippen LogP contribution in [0, 0.1) is 0 Å². The molecular formula is C17H17N5O2. The Kier molecular flexibility index (Phi) is 3.82. The lowest BCUT2D eigenvalue weighted by molar-refractivity contribution is 0.0721. The van der Waals surface area contributed by atoms with Gasteiger partial charge in [-0.15, -0.1) is 5.10 Å². The second-order valence-corrected chi connectivity index (χ2v) is 5.86. The highest BCUT2D eigenvalue weighted by molar-refractivity contribution is 5.95. The minimum atomic E-state index is 0.0572. The molecule has 4 rings (SSSR count). The van der Waals surface area contributed by atoms with Crippen molar-refractivity contribution in [1.82, 2.24) is 24.9 Å². The lowest BCUT2D eigenvalue weighted by Crippen LogP contribution is -2.38. The molecule has 3 aromatic rings. The zero-order valence-electron chi connectivity index (χ0n) is 13.1. The van der Waals surface area contributed by atoms with Gasteiger partial charge in [-0.1, -0.05) is 17.3 Å². The first-order valence-corrected chi connectivity index (χ1v) is 7.95. The van der Waals surface area contributed by atoms with E-state index in [2.05, 4.69) is 15.3 Å². The molecule has 0 spiro atoms. The van der Waals surface area contributed by atoms with Gasteiger partial charge in [-0.3, -0.25) is 9.48 Å². The van der Waals surface area contributed by atoms with Gasteiger partial charge < -0.3 is 9.32 Å². The van der Waals surface area contributed by atoms with Crippen molar-refractivity contribution in [1.29, 1.82) is 0 Å². The first kappa shape index (κ1) is 14.6. The van der Waals surface area contributed by atoms with E-state index >= 15 is 0 Å². The Hall–Kier alpha value is -2.96. The van der Waals surface area contributed by atoms with Gasteiger partial charge in [-0.2, -0.15) is 0 Å². The molecule has 1 amide bonds. The van der Waals surface area contributed by atoms with Gasteiger partial charge in [0.05, 0.1) is 25.0 Å². The molecule has 0 radical (unpaired) electrons. The molecule has 0 unspecified atom stereocenters. The van der Waals surface area contributed by atoms with Crippen LogP contribution >= 0.6 is 0 Å². The van der Waals surface area contributed by atoms with E-state index in [9.17, 15) is 4.79 Å². The predicted molar refractivity (Wildman–Crippen MR) is 86.0 cm³/mol. The molecule has 0 bridgehead atoms. The summed E-state index contributed by atoms with van der Waals surface area (Å²) in [5.41, 5.74) is 1.59. The van der Waals surface area contributed by atoms with E-state index in [4.69, 9.17) is 4.42 Å². The molecule has 7 heteroatoms. The lowest BCUT2D eigenvalue weighted by Gasteiger charge is -2.24. The van der Waals surface area contributed by atoms with E-state index < -0.39 is 0 Å². The highest BCUT2D eigenvalue weighted by Gasteiger charge is 2.29. The Balaban J connectivity index is 1.50. The average Bonchev–Trinajstić information content (AvgIpc) is 3.37. The SMILES string of the molecule is O=C(c1ccc(-c2cnco2)cc1)N1CCC[C@H]1Cn1ccnn1. The fourth-order valence-electron chi connectivity index (χ4n) is 3.14. The van der Waals surface area contributed by atoms with Gasteiger partial charge in [0.1, 0.15) is 0 Å². The summed E-state index contributed by atoms with van der Waals surface area (Å²) in [7, 11) is 0. The van der Waals surface area contributed by atoms with Gasteiger partial charge >= 0.3 is 0 Å². The van der Waals surface area contributed by atoms with Crippen molar-refractivity contribution in [3.05, 3.63) is 54.8 Å². The van der Waals surface area contributed by atoms with Crippen LogP contribution in [0.3, 0.4) is 0 Å². The van der Waals surface area contributed by atoms with Crippen molar-refractivity contribution < 1.29 is 9.21 Å². The van der Waals surface area contributed by atoms with Crippen LogP contribution in [0.2, 0.25) is 0 Å². The van der Waals surface area contributed by atoms with Crippen molar-refractivity contribution in [3.63, 3.8) is 0 Å². The van der Waals surface area contributed by atoms with Crippen molar-refractivity contribution in [2.75, 3.05) is 6.54 Å². The third-order valence-electron chi connectivity index (χ3n) is 4.36. The van der Waals surface area contributed by atoms with E-state index in [1.807, 2.05) is 35.4 Å². The summed E-state index contributed by atoms with van der Waals surface area (Å²) in [6.45, 7) is 1.46. The van der Waals surface area contributed by atoms with E-state index in [-0.39, 0.29) is 11.9 Å². The van der Waals surface area contributed by atoms with Crippen LogP contribution in [-0.4, -0.2) is 43.4 Å². The number of carbonyl (C=O) groups excluding carboxylic acids is 1. The Bertz CT molecular complexity index is 796. The molecule has 0 saturated carbocycles. The summed E-state index contributed by atoms with van der Waals surface area (Å²) < 4.78 is 7.05. The molecule has 1 aliphatic heterocycles. The zero-order valence-corrected chi connectivity index (χ0v) is 13.1. The summed E-state index contributed by atoms with van der Waals surface area (Å²) in [6.07, 6.45) is 8.54. The molecule has 7 nitrogen and oxygen atoms in total.